The number of fused-ring (bicyclic) bond motifs is 2. The summed E-state index contributed by atoms with van der Waals surface area (Å²) in [6, 6.07) is 9.03. The first-order valence-electron chi connectivity index (χ1n) is 15.3. The number of hydrogen-bond acceptors (Lipinski definition) is 11. The molecule has 1 aromatic carbocycles. The molecule has 2 aliphatic rings. The first kappa shape index (κ1) is 30.6. The monoisotopic (exact) mass is 646 g/mol. The van der Waals surface area contributed by atoms with Crippen LogP contribution in [-0.4, -0.2) is 66.8 Å². The number of aromatic nitrogens is 4. The quantitative estimate of drug-likeness (QED) is 0.240. The first-order chi connectivity index (χ1) is 20.7. The number of anilines is 1. The Balaban J connectivity index is 1.65. The van der Waals surface area contributed by atoms with E-state index < -0.39 is 41.6 Å². The molecule has 2 aromatic heterocycles. The normalized spacial score (nSPS) is 27.3. The molecule has 4 heterocycles. The van der Waals surface area contributed by atoms with Crippen LogP contribution in [0.25, 0.3) is 11.2 Å². The molecule has 4 atom stereocenters. The molecule has 0 spiro atoms. The number of hydrogen-bond donors (Lipinski definition) is 1. The maximum Gasteiger partial charge on any atom is 0.358 e. The van der Waals surface area contributed by atoms with Crippen molar-refractivity contribution in [1.29, 1.82) is 0 Å². The number of nitrogens with zero attached hydrogens (tertiary/aromatic N) is 4. The molecule has 0 amide bonds. The van der Waals surface area contributed by atoms with Crippen molar-refractivity contribution in [2.45, 2.75) is 102 Å². The summed E-state index contributed by atoms with van der Waals surface area (Å²) in [5, 5.41) is -0.249. The number of para-hydroxylation sites is 1. The van der Waals surface area contributed by atoms with Gasteiger partial charge in [0.15, 0.2) is 23.8 Å². The molecule has 0 aliphatic carbocycles. The summed E-state index contributed by atoms with van der Waals surface area (Å²) in [4.78, 5) is 12.9. The summed E-state index contributed by atoms with van der Waals surface area (Å²) >= 11 is 5.57. The lowest BCUT2D eigenvalue weighted by atomic mass is 10.1. The lowest BCUT2D eigenvalue weighted by molar-refractivity contribution is -0.0569. The third kappa shape index (κ3) is 5.85. The smallest absolute Gasteiger partial charge is 0.358 e. The highest BCUT2D eigenvalue weighted by molar-refractivity contribution is 7.79. The molecule has 5 rings (SSSR count). The van der Waals surface area contributed by atoms with Crippen LogP contribution in [-0.2, 0) is 22.4 Å². The highest BCUT2D eigenvalue weighted by Gasteiger charge is 2.62. The second-order valence-corrected chi connectivity index (χ2v) is 21.5. The van der Waals surface area contributed by atoms with E-state index in [-0.39, 0.29) is 39.8 Å². The van der Waals surface area contributed by atoms with Crippen LogP contribution in [0.2, 0.25) is 22.2 Å². The summed E-state index contributed by atoms with van der Waals surface area (Å²) in [5.41, 5.74) is 7.20. The van der Waals surface area contributed by atoms with E-state index in [1.165, 1.54) is 12.7 Å². The van der Waals surface area contributed by atoms with Gasteiger partial charge in [-0.15, -0.1) is 0 Å². The second kappa shape index (κ2) is 12.5. The number of nitrogens with two attached hydrogens (primary N) is 1. The van der Waals surface area contributed by atoms with Gasteiger partial charge >= 0.3 is 22.4 Å². The van der Waals surface area contributed by atoms with E-state index >= 15 is 0 Å². The molecule has 0 radical (unpaired) electrons. The van der Waals surface area contributed by atoms with Crippen LogP contribution in [0.3, 0.4) is 0 Å². The van der Waals surface area contributed by atoms with E-state index in [0.29, 0.717) is 16.9 Å². The third-order valence-electron chi connectivity index (χ3n) is 8.27. The van der Waals surface area contributed by atoms with Crippen LogP contribution >= 0.6 is 12.2 Å². The van der Waals surface area contributed by atoms with Gasteiger partial charge in [0.05, 0.1) is 14.3 Å². The topological polar surface area (TPSA) is 125 Å². The van der Waals surface area contributed by atoms with Crippen LogP contribution in [0.4, 0.5) is 5.82 Å². The van der Waals surface area contributed by atoms with Crippen molar-refractivity contribution in [3.05, 3.63) is 43.0 Å². The van der Waals surface area contributed by atoms with Crippen LogP contribution < -0.4 is 10.5 Å². The molecule has 0 saturated carbocycles. The van der Waals surface area contributed by atoms with Crippen LogP contribution in [0.15, 0.2) is 43.0 Å². The molecule has 0 bridgehead atoms. The Hall–Kier alpha value is -2.47. The van der Waals surface area contributed by atoms with Crippen LogP contribution in [0.5, 0.6) is 5.75 Å². The number of benzene rings is 1. The van der Waals surface area contributed by atoms with Crippen molar-refractivity contribution in [2.24, 2.45) is 0 Å². The summed E-state index contributed by atoms with van der Waals surface area (Å²) < 4.78 is 52.0. The van der Waals surface area contributed by atoms with Gasteiger partial charge in [0, 0.05) is 12.2 Å². The van der Waals surface area contributed by atoms with Crippen molar-refractivity contribution in [2.75, 3.05) is 12.3 Å². The maximum atomic E-state index is 10.0. The molecule has 2 saturated heterocycles. The van der Waals surface area contributed by atoms with E-state index in [0.717, 1.165) is 0 Å². The van der Waals surface area contributed by atoms with Crippen molar-refractivity contribution in [3.63, 3.8) is 0 Å². The van der Waals surface area contributed by atoms with Crippen LogP contribution in [0, 0.1) is 0 Å². The van der Waals surface area contributed by atoms with Gasteiger partial charge in [-0.05, 0) is 34.3 Å². The van der Waals surface area contributed by atoms with Crippen molar-refractivity contribution >= 4 is 51.6 Å². The minimum atomic E-state index is -3.16. The van der Waals surface area contributed by atoms with Gasteiger partial charge in [-0.25, -0.2) is 15.0 Å². The molecule has 2 N–H and O–H groups in total. The molecule has 43 heavy (non-hydrogen) atoms. The van der Waals surface area contributed by atoms with Crippen LogP contribution in [0.1, 0.15) is 63.0 Å². The molecular weight excluding hydrogens is 603 g/mol. The molecule has 0 unspecified atom stereocenters. The zero-order valence-corrected chi connectivity index (χ0v) is 28.8. The van der Waals surface area contributed by atoms with Gasteiger partial charge in [-0.2, -0.15) is 0 Å². The number of imidazole rings is 1. The van der Waals surface area contributed by atoms with Gasteiger partial charge in [0.2, 0.25) is 0 Å². The minimum Gasteiger partial charge on any atom is -0.446 e. The molecule has 3 aromatic rings. The number of rotatable bonds is 7. The average molecular weight is 647 g/mol. The predicted molar refractivity (Wildman–Crippen MR) is 172 cm³/mol. The largest absolute Gasteiger partial charge is 0.446 e. The van der Waals surface area contributed by atoms with Gasteiger partial charge in [0.1, 0.15) is 29.8 Å². The Morgan fingerprint density at radius 2 is 1.65 bits per heavy atom. The van der Waals surface area contributed by atoms with Gasteiger partial charge < -0.3 is 32.9 Å². The van der Waals surface area contributed by atoms with E-state index in [4.69, 9.17) is 45.1 Å². The second-order valence-electron chi connectivity index (χ2n) is 12.3. The van der Waals surface area contributed by atoms with Gasteiger partial charge in [0.25, 0.3) is 0 Å². The Kier molecular flexibility index (Phi) is 8.88. The lowest BCUT2D eigenvalue weighted by Crippen LogP contribution is -2.66. The third-order valence-corrected chi connectivity index (χ3v) is 18.7. The van der Waals surface area contributed by atoms with E-state index in [2.05, 4.69) is 70.3 Å². The molecule has 14 heteroatoms. The van der Waals surface area contributed by atoms with Gasteiger partial charge in [-0.1, -0.05) is 73.6 Å². The average Bonchev–Trinajstić information content (AvgIpc) is 3.47. The summed E-state index contributed by atoms with van der Waals surface area (Å²) in [7, 11) is -6.02. The summed E-state index contributed by atoms with van der Waals surface area (Å²) in [6.07, 6.45) is -1.89. The molecule has 2 fully saturated rings. The summed E-state index contributed by atoms with van der Waals surface area (Å²) in [5.74, 6) is 0.686. The molecular formula is C29H43N5O6SSi2. The lowest BCUT2D eigenvalue weighted by Gasteiger charge is -2.51. The molecule has 11 nitrogen and oxygen atoms in total. The highest BCUT2D eigenvalue weighted by Crippen LogP contribution is 2.49. The van der Waals surface area contributed by atoms with Crippen molar-refractivity contribution in [1.82, 2.24) is 19.5 Å². The zero-order chi connectivity index (χ0) is 32.0. The number of thiocarbonyl (C=S) groups is 1. The zero-order valence-electron chi connectivity index (χ0n) is 27.0. The Morgan fingerprint density at radius 1 is 1.00 bits per heavy atom. The molecule has 2 aliphatic heterocycles. The fraction of sp³-hybridized carbons (Fsp3) is 0.586. The van der Waals surface area contributed by atoms with Gasteiger partial charge in [-0.3, -0.25) is 4.57 Å². The fourth-order valence-corrected chi connectivity index (χ4v) is 17.4. The van der Waals surface area contributed by atoms with E-state index in [9.17, 15) is 1.37 Å². The molecule has 234 valence electrons. The van der Waals surface area contributed by atoms with Crippen molar-refractivity contribution in [3.8, 4) is 5.75 Å². The predicted octanol–water partition coefficient (Wildman–Crippen LogP) is 6.01. The fourth-order valence-electron chi connectivity index (χ4n) is 6.07. The van der Waals surface area contributed by atoms with E-state index in [1.54, 1.807) is 16.7 Å². The Labute approximate surface area is 262 Å². The maximum absolute atomic E-state index is 10.0. The minimum absolute atomic E-state index is 0.0201. The van der Waals surface area contributed by atoms with Crippen molar-refractivity contribution < 1.29 is 28.5 Å². The summed E-state index contributed by atoms with van der Waals surface area (Å²) in [6.45, 7) is 17.2. The SMILES string of the molecule is [2H][C@]1(OC(=S)Oc2ccccc2)[C@@H]2O[Si](C(C)C)(C(C)C)O[Si](C(C)C)(C(C)C)OC[C@H]2O[C@H]1n1cnc2c(N)ncnc21. The standard InChI is InChI=1S/C29H43N5O6SSi2/c1-17(2)42(18(3)4)35-14-22-24(39-43(40-42,19(5)6)20(7)8)25(38-29(41)36-21-12-10-9-11-13-21)28(37-22)34-16-33-23-26(30)31-15-32-27(23)34/h9-13,15-20,22,24-25,28H,14H2,1-8H3,(H2,30,31,32)/t22-,24-,25+,28-/m1/s1/i25D. The Morgan fingerprint density at radius 3 is 2.28 bits per heavy atom. The highest BCUT2D eigenvalue weighted by atomic mass is 32.1. The van der Waals surface area contributed by atoms with E-state index in [1.807, 2.05) is 18.2 Å². The number of ether oxygens (including phenoxy) is 3. The number of nitrogen functional groups attached to an aromatic ring is 1. The first-order valence-corrected chi connectivity index (χ1v) is 19.2. The Bertz CT molecular complexity index is 1460.